The highest BCUT2D eigenvalue weighted by atomic mass is 15.1. The van der Waals surface area contributed by atoms with E-state index in [4.69, 9.17) is 0 Å². The predicted molar refractivity (Wildman–Crippen MR) is 101 cm³/mol. The fourth-order valence-electron chi connectivity index (χ4n) is 4.09. The van der Waals surface area contributed by atoms with E-state index in [-0.39, 0.29) is 0 Å². The van der Waals surface area contributed by atoms with E-state index >= 15 is 0 Å². The molecule has 0 N–H and O–H groups in total. The molecule has 5 rings (SSSR count). The van der Waals surface area contributed by atoms with Crippen LogP contribution >= 0.6 is 0 Å². The molecule has 3 aromatic carbocycles. The largest absolute Gasteiger partial charge is 0.295 e. The number of fused-ring (bicyclic) bond motifs is 8. The lowest BCUT2D eigenvalue weighted by molar-refractivity contribution is -0.617. The van der Waals surface area contributed by atoms with Gasteiger partial charge >= 0.3 is 0 Å². The molecule has 2 aromatic heterocycles. The number of para-hydroxylation sites is 2. The van der Waals surface area contributed by atoms with Crippen LogP contribution in [0, 0.1) is 13.8 Å². The van der Waals surface area contributed by atoms with Crippen LogP contribution < -0.4 is 4.57 Å². The fourth-order valence-corrected chi connectivity index (χ4v) is 4.09. The Morgan fingerprint density at radius 2 is 1.62 bits per heavy atom. The summed E-state index contributed by atoms with van der Waals surface area (Å²) in [5, 5.41) is 4.00. The zero-order chi connectivity index (χ0) is 16.4. The molecule has 0 aliphatic rings. The van der Waals surface area contributed by atoms with E-state index in [9.17, 15) is 0 Å². The summed E-state index contributed by atoms with van der Waals surface area (Å²) in [4.78, 5) is 0. The third-order valence-electron chi connectivity index (χ3n) is 5.19. The Balaban J connectivity index is 2.28. The van der Waals surface area contributed by atoms with Crippen LogP contribution in [0.1, 0.15) is 11.1 Å². The second kappa shape index (κ2) is 4.57. The Hall–Kier alpha value is -2.87. The van der Waals surface area contributed by atoms with Gasteiger partial charge in [-0.05, 0) is 43.7 Å². The van der Waals surface area contributed by atoms with Crippen LogP contribution in [0.4, 0.5) is 0 Å². The van der Waals surface area contributed by atoms with Gasteiger partial charge in [0.05, 0.1) is 12.4 Å². The number of nitrogens with zero attached hydrogens (tertiary/aromatic N) is 2. The summed E-state index contributed by atoms with van der Waals surface area (Å²) in [6.07, 6.45) is 0. The van der Waals surface area contributed by atoms with Crippen molar-refractivity contribution in [3.05, 3.63) is 71.8 Å². The third-order valence-corrected chi connectivity index (χ3v) is 5.19. The minimum atomic E-state index is 1.26. The van der Waals surface area contributed by atoms with Crippen LogP contribution in [0.15, 0.2) is 60.7 Å². The topological polar surface area (TPSA) is 8.29 Å². The van der Waals surface area contributed by atoms with Gasteiger partial charge in [0.25, 0.3) is 5.65 Å². The summed E-state index contributed by atoms with van der Waals surface area (Å²) in [5.41, 5.74) is 7.67. The maximum Gasteiger partial charge on any atom is 0.295 e. The van der Waals surface area contributed by atoms with Crippen molar-refractivity contribution in [1.29, 1.82) is 0 Å². The first kappa shape index (κ1) is 13.6. The Labute approximate surface area is 140 Å². The summed E-state index contributed by atoms with van der Waals surface area (Å²) in [5.74, 6) is 0. The second-order valence-corrected chi connectivity index (χ2v) is 6.72. The maximum atomic E-state index is 2.42. The first-order chi connectivity index (χ1) is 11.7. The highest BCUT2D eigenvalue weighted by molar-refractivity contribution is 6.13. The van der Waals surface area contributed by atoms with Gasteiger partial charge in [-0.2, -0.15) is 4.40 Å². The van der Waals surface area contributed by atoms with Gasteiger partial charge in [0, 0.05) is 10.8 Å². The fraction of sp³-hybridized carbons (Fsp3) is 0.136. The smallest absolute Gasteiger partial charge is 0.225 e. The van der Waals surface area contributed by atoms with E-state index in [0.29, 0.717) is 0 Å². The Morgan fingerprint density at radius 3 is 2.50 bits per heavy atom. The first-order valence-electron chi connectivity index (χ1n) is 8.37. The molecule has 24 heavy (non-hydrogen) atoms. The number of rotatable bonds is 0. The lowest BCUT2D eigenvalue weighted by Gasteiger charge is -2.07. The van der Waals surface area contributed by atoms with Gasteiger partial charge in [0.15, 0.2) is 11.0 Å². The second-order valence-electron chi connectivity index (χ2n) is 6.72. The van der Waals surface area contributed by atoms with Crippen molar-refractivity contribution in [1.82, 2.24) is 4.40 Å². The SMILES string of the molecule is Cc1ccc2c(c1)c1cccc(C)c1c1n2c2ccccc2[n+]1C. The average molecular weight is 311 g/mol. The molecule has 5 aromatic rings. The van der Waals surface area contributed by atoms with E-state index in [0.717, 1.165) is 0 Å². The number of hydrogen-bond donors (Lipinski definition) is 0. The van der Waals surface area contributed by atoms with Crippen LogP contribution in [0.3, 0.4) is 0 Å². The van der Waals surface area contributed by atoms with E-state index in [1.165, 1.54) is 49.5 Å². The van der Waals surface area contributed by atoms with Crippen LogP contribution in [-0.2, 0) is 7.05 Å². The van der Waals surface area contributed by atoms with Gasteiger partial charge < -0.3 is 0 Å². The number of benzene rings is 3. The number of aromatic nitrogens is 2. The number of pyridine rings is 1. The summed E-state index contributed by atoms with van der Waals surface area (Å²) in [7, 11) is 2.17. The molecule has 2 heterocycles. The molecular formula is C22H19N2+. The molecule has 0 fully saturated rings. The molecule has 0 bridgehead atoms. The molecule has 0 atom stereocenters. The van der Waals surface area contributed by atoms with Gasteiger partial charge in [0.2, 0.25) is 0 Å². The molecule has 116 valence electrons. The summed E-state index contributed by atoms with van der Waals surface area (Å²) in [6.45, 7) is 4.38. The summed E-state index contributed by atoms with van der Waals surface area (Å²) in [6, 6.07) is 22.1. The van der Waals surface area contributed by atoms with E-state index in [2.05, 4.69) is 90.5 Å². The lowest BCUT2D eigenvalue weighted by Crippen LogP contribution is -2.27. The zero-order valence-corrected chi connectivity index (χ0v) is 14.2. The van der Waals surface area contributed by atoms with Gasteiger partial charge in [-0.3, -0.25) is 0 Å². The summed E-state index contributed by atoms with van der Waals surface area (Å²) < 4.78 is 4.74. The average Bonchev–Trinajstić information content (AvgIpc) is 2.89. The van der Waals surface area contributed by atoms with E-state index in [1.807, 2.05) is 0 Å². The highest BCUT2D eigenvalue weighted by Crippen LogP contribution is 2.33. The number of hydrogen-bond acceptors (Lipinski definition) is 0. The van der Waals surface area contributed by atoms with E-state index in [1.54, 1.807) is 0 Å². The minimum absolute atomic E-state index is 1.26. The normalized spacial score (nSPS) is 12.0. The quantitative estimate of drug-likeness (QED) is 0.286. The zero-order valence-electron chi connectivity index (χ0n) is 14.2. The minimum Gasteiger partial charge on any atom is -0.225 e. The van der Waals surface area contributed by atoms with Crippen molar-refractivity contribution < 1.29 is 4.57 Å². The molecule has 0 amide bonds. The van der Waals surface area contributed by atoms with Crippen molar-refractivity contribution >= 4 is 38.4 Å². The first-order valence-corrected chi connectivity index (χ1v) is 8.37. The molecule has 0 radical (unpaired) electrons. The number of aryl methyl sites for hydroxylation is 3. The molecule has 0 unspecified atom stereocenters. The van der Waals surface area contributed by atoms with Gasteiger partial charge in [0.1, 0.15) is 5.52 Å². The van der Waals surface area contributed by atoms with Crippen LogP contribution in [-0.4, -0.2) is 4.40 Å². The standard InChI is InChI=1S/C22H19N2/c1-14-11-12-18-17(13-14)16-8-6-7-15(2)21(16)22-23(3)19-9-4-5-10-20(19)24(18)22/h4-13H,1-3H3/q+1. The highest BCUT2D eigenvalue weighted by Gasteiger charge is 2.23. The number of imidazole rings is 1. The van der Waals surface area contributed by atoms with Crippen molar-refractivity contribution in [3.63, 3.8) is 0 Å². The maximum absolute atomic E-state index is 2.42. The molecule has 0 aliphatic carbocycles. The van der Waals surface area contributed by atoms with Crippen molar-refractivity contribution in [3.8, 4) is 0 Å². The molecular weight excluding hydrogens is 292 g/mol. The van der Waals surface area contributed by atoms with Crippen molar-refractivity contribution in [2.45, 2.75) is 13.8 Å². The molecule has 0 aliphatic heterocycles. The molecule has 0 saturated heterocycles. The summed E-state index contributed by atoms with van der Waals surface area (Å²) >= 11 is 0. The van der Waals surface area contributed by atoms with Gasteiger partial charge in [-0.15, -0.1) is 0 Å². The van der Waals surface area contributed by atoms with E-state index < -0.39 is 0 Å². The van der Waals surface area contributed by atoms with Crippen LogP contribution in [0.2, 0.25) is 0 Å². The Bertz CT molecular complexity index is 1280. The molecule has 0 spiro atoms. The Kier molecular flexibility index (Phi) is 2.58. The molecule has 2 heteroatoms. The Morgan fingerprint density at radius 1 is 0.792 bits per heavy atom. The lowest BCUT2D eigenvalue weighted by atomic mass is 10.0. The van der Waals surface area contributed by atoms with Gasteiger partial charge in [-0.1, -0.05) is 42.0 Å². The van der Waals surface area contributed by atoms with Crippen LogP contribution in [0.25, 0.3) is 38.4 Å². The van der Waals surface area contributed by atoms with Crippen LogP contribution in [0.5, 0.6) is 0 Å². The predicted octanol–water partition coefficient (Wildman–Crippen LogP) is 4.84. The van der Waals surface area contributed by atoms with Crippen molar-refractivity contribution in [2.75, 3.05) is 0 Å². The monoisotopic (exact) mass is 311 g/mol. The molecule has 0 saturated carbocycles. The molecule has 2 nitrogen and oxygen atoms in total. The third kappa shape index (κ3) is 1.58. The van der Waals surface area contributed by atoms with Gasteiger partial charge in [-0.25, -0.2) is 4.57 Å². The van der Waals surface area contributed by atoms with Crippen molar-refractivity contribution in [2.24, 2.45) is 7.05 Å².